The molecule has 13 heteroatoms. The van der Waals surface area contributed by atoms with E-state index < -0.39 is 48.9 Å². The quantitative estimate of drug-likeness (QED) is 0.0710. The van der Waals surface area contributed by atoms with Gasteiger partial charge in [0.2, 0.25) is 17.7 Å². The van der Waals surface area contributed by atoms with Crippen molar-refractivity contribution >= 4 is 42.3 Å². The maximum Gasteiger partial charge on any atom is 0.322 e. The maximum atomic E-state index is 11.8. The van der Waals surface area contributed by atoms with Gasteiger partial charge in [0.05, 0.1) is 12.6 Å². The molecular weight excluding hydrogens is 366 g/mol. The van der Waals surface area contributed by atoms with Gasteiger partial charge in [-0.2, -0.15) is 12.6 Å². The molecule has 0 saturated carbocycles. The van der Waals surface area contributed by atoms with E-state index in [1.807, 2.05) is 0 Å². The Kier molecular flexibility index (Phi) is 11.5. The lowest BCUT2D eigenvalue weighted by atomic mass is 10.1. The summed E-state index contributed by atoms with van der Waals surface area (Å²) in [5, 5.41) is 15.3. The van der Waals surface area contributed by atoms with Crippen molar-refractivity contribution in [2.45, 2.75) is 24.9 Å². The highest BCUT2D eigenvalue weighted by atomic mass is 32.1. The van der Waals surface area contributed by atoms with Crippen LogP contribution < -0.4 is 33.2 Å². The molecule has 2 unspecified atom stereocenters. The maximum absolute atomic E-state index is 11.8. The van der Waals surface area contributed by atoms with E-state index in [1.165, 1.54) is 0 Å². The third-order valence-electron chi connectivity index (χ3n) is 2.98. The highest BCUT2D eigenvalue weighted by Crippen LogP contribution is 1.95. The van der Waals surface area contributed by atoms with Gasteiger partial charge in [-0.25, -0.2) is 0 Å². The lowest BCUT2D eigenvalue weighted by molar-refractivity contribution is -0.138. The molecule has 3 amide bonds. The van der Waals surface area contributed by atoms with E-state index in [-0.39, 0.29) is 11.7 Å². The number of carbonyl (C=O) groups is 4. The van der Waals surface area contributed by atoms with Crippen molar-refractivity contribution in [3.8, 4) is 0 Å². The molecule has 0 aliphatic rings. The van der Waals surface area contributed by atoms with Crippen LogP contribution in [-0.4, -0.2) is 72.2 Å². The average molecular weight is 391 g/mol. The minimum atomic E-state index is -1.22. The number of guanidine groups is 1. The Morgan fingerprint density at radius 1 is 1.08 bits per heavy atom. The molecule has 0 aliphatic carbocycles. The number of amides is 3. The van der Waals surface area contributed by atoms with E-state index in [0.717, 1.165) is 0 Å². The topological polar surface area (TPSA) is 215 Å². The van der Waals surface area contributed by atoms with E-state index in [1.54, 1.807) is 0 Å². The predicted octanol–water partition coefficient (Wildman–Crippen LogP) is -3.90. The van der Waals surface area contributed by atoms with Gasteiger partial charge in [-0.15, -0.1) is 0 Å². The molecule has 0 spiro atoms. The van der Waals surface area contributed by atoms with Gasteiger partial charge < -0.3 is 38.3 Å². The van der Waals surface area contributed by atoms with E-state index in [4.69, 9.17) is 22.3 Å². The SMILES string of the molecule is NC(N)=NCCCC(N)C(=O)NCC(=O)NC(CS)C(=O)NCC(=O)O. The van der Waals surface area contributed by atoms with Crippen LogP contribution >= 0.6 is 12.6 Å². The summed E-state index contributed by atoms with van der Waals surface area (Å²) in [5.41, 5.74) is 16.0. The fourth-order valence-corrected chi connectivity index (χ4v) is 1.93. The van der Waals surface area contributed by atoms with Crippen molar-refractivity contribution in [2.24, 2.45) is 22.2 Å². The molecule has 0 aromatic heterocycles. The molecule has 0 bridgehead atoms. The Morgan fingerprint density at radius 3 is 2.23 bits per heavy atom. The fraction of sp³-hybridized carbons (Fsp3) is 0.615. The molecule has 12 nitrogen and oxygen atoms in total. The van der Waals surface area contributed by atoms with Crippen molar-refractivity contribution in [3.63, 3.8) is 0 Å². The largest absolute Gasteiger partial charge is 0.480 e. The average Bonchev–Trinajstić information content (AvgIpc) is 2.58. The molecule has 2 atom stereocenters. The lowest BCUT2D eigenvalue weighted by Gasteiger charge is -2.16. The molecule has 26 heavy (non-hydrogen) atoms. The van der Waals surface area contributed by atoms with E-state index >= 15 is 0 Å². The van der Waals surface area contributed by atoms with E-state index in [2.05, 4.69) is 33.6 Å². The van der Waals surface area contributed by atoms with Gasteiger partial charge in [-0.3, -0.25) is 24.2 Å². The van der Waals surface area contributed by atoms with Crippen molar-refractivity contribution in [1.82, 2.24) is 16.0 Å². The number of hydrogen-bond acceptors (Lipinski definition) is 7. The normalized spacial score (nSPS) is 12.4. The van der Waals surface area contributed by atoms with Gasteiger partial charge in [0.1, 0.15) is 12.6 Å². The van der Waals surface area contributed by atoms with Gasteiger partial charge in [0, 0.05) is 12.3 Å². The first-order valence-corrected chi connectivity index (χ1v) is 8.29. The molecule has 148 valence electrons. The zero-order valence-corrected chi connectivity index (χ0v) is 15.0. The summed E-state index contributed by atoms with van der Waals surface area (Å²) in [5.74, 6) is -3.19. The number of hydrogen-bond donors (Lipinski definition) is 8. The number of aliphatic imine (C=N–C) groups is 1. The van der Waals surface area contributed by atoms with Crippen LogP contribution in [0.1, 0.15) is 12.8 Å². The van der Waals surface area contributed by atoms with Crippen molar-refractivity contribution in [2.75, 3.05) is 25.4 Å². The van der Waals surface area contributed by atoms with Crippen LogP contribution in [0.25, 0.3) is 0 Å². The second-order valence-corrected chi connectivity index (χ2v) is 5.55. The second kappa shape index (κ2) is 12.8. The van der Waals surface area contributed by atoms with Gasteiger partial charge in [0.25, 0.3) is 0 Å². The van der Waals surface area contributed by atoms with Crippen molar-refractivity contribution < 1.29 is 24.3 Å². The number of aliphatic carboxylic acids is 1. The minimum Gasteiger partial charge on any atom is -0.480 e. The van der Waals surface area contributed by atoms with E-state index in [9.17, 15) is 19.2 Å². The summed E-state index contributed by atoms with van der Waals surface area (Å²) in [7, 11) is 0. The number of carboxylic acids is 1. The number of rotatable bonds is 12. The summed E-state index contributed by atoms with van der Waals surface area (Å²) >= 11 is 3.92. The molecule has 0 heterocycles. The number of nitrogens with two attached hydrogens (primary N) is 3. The lowest BCUT2D eigenvalue weighted by Crippen LogP contribution is -2.52. The molecule has 10 N–H and O–H groups in total. The zero-order chi connectivity index (χ0) is 20.1. The van der Waals surface area contributed by atoms with Gasteiger partial charge in [0.15, 0.2) is 5.96 Å². The predicted molar refractivity (Wildman–Crippen MR) is 97.3 cm³/mol. The first-order valence-electron chi connectivity index (χ1n) is 7.65. The van der Waals surface area contributed by atoms with Gasteiger partial charge in [-0.1, -0.05) is 0 Å². The standard InChI is InChI=1S/C13H25N7O5S/c14-7(2-1-3-17-13(15)16)11(24)18-4-9(21)20-8(6-26)12(25)19-5-10(22)23/h7-8,26H,1-6,14H2,(H,18,24)(H,19,25)(H,20,21)(H,22,23)(H4,15,16,17). The second-order valence-electron chi connectivity index (χ2n) is 5.19. The van der Waals surface area contributed by atoms with Crippen LogP contribution in [0.15, 0.2) is 4.99 Å². The monoisotopic (exact) mass is 391 g/mol. The Balaban J connectivity index is 4.21. The van der Waals surface area contributed by atoms with Crippen LogP contribution in [-0.2, 0) is 19.2 Å². The smallest absolute Gasteiger partial charge is 0.322 e. The number of nitrogens with zero attached hydrogens (tertiary/aromatic N) is 1. The molecule has 0 aromatic rings. The molecule has 0 aromatic carbocycles. The molecule has 0 fully saturated rings. The minimum absolute atomic E-state index is 0.0462. The van der Waals surface area contributed by atoms with Crippen LogP contribution in [0.2, 0.25) is 0 Å². The number of thiol groups is 1. The summed E-state index contributed by atoms with van der Waals surface area (Å²) < 4.78 is 0. The Labute approximate surface area is 155 Å². The van der Waals surface area contributed by atoms with Crippen LogP contribution in [0, 0.1) is 0 Å². The number of nitrogens with one attached hydrogen (secondary N) is 3. The number of carboxylic acid groups (broad SMARTS) is 1. The highest BCUT2D eigenvalue weighted by molar-refractivity contribution is 7.80. The Hall–Kier alpha value is -2.54. The van der Waals surface area contributed by atoms with Crippen LogP contribution in [0.5, 0.6) is 0 Å². The fourth-order valence-electron chi connectivity index (χ4n) is 1.67. The molecule has 0 aliphatic heterocycles. The van der Waals surface area contributed by atoms with Gasteiger partial charge in [-0.05, 0) is 12.8 Å². The molecule has 0 saturated heterocycles. The van der Waals surface area contributed by atoms with Crippen LogP contribution in [0.3, 0.4) is 0 Å². The first kappa shape index (κ1) is 23.5. The third-order valence-corrected chi connectivity index (χ3v) is 3.34. The summed E-state index contributed by atoms with van der Waals surface area (Å²) in [6.45, 7) is -0.639. The highest BCUT2D eigenvalue weighted by Gasteiger charge is 2.20. The summed E-state index contributed by atoms with van der Waals surface area (Å²) in [4.78, 5) is 49.4. The first-order chi connectivity index (χ1) is 12.2. The van der Waals surface area contributed by atoms with Crippen molar-refractivity contribution in [3.05, 3.63) is 0 Å². The zero-order valence-electron chi connectivity index (χ0n) is 14.1. The number of carbonyl (C=O) groups excluding carboxylic acids is 3. The third kappa shape index (κ3) is 11.1. The Bertz CT molecular complexity index is 539. The molecule has 0 rings (SSSR count). The van der Waals surface area contributed by atoms with Gasteiger partial charge >= 0.3 is 5.97 Å². The molecule has 0 radical (unpaired) electrons. The van der Waals surface area contributed by atoms with E-state index in [0.29, 0.717) is 19.4 Å². The van der Waals surface area contributed by atoms with Crippen LogP contribution in [0.4, 0.5) is 0 Å². The van der Waals surface area contributed by atoms with Crippen molar-refractivity contribution in [1.29, 1.82) is 0 Å². The Morgan fingerprint density at radius 2 is 1.69 bits per heavy atom. The summed E-state index contributed by atoms with van der Waals surface area (Å²) in [6, 6.07) is -1.87. The summed E-state index contributed by atoms with van der Waals surface area (Å²) in [6.07, 6.45) is 0.811. The molecular formula is C13H25N7O5S.